The quantitative estimate of drug-likeness (QED) is 0.443. The number of unbranched alkanes of at least 4 members (excludes halogenated alkanes) is 1. The van der Waals surface area contributed by atoms with Gasteiger partial charge in [-0.1, -0.05) is 38.2 Å². The van der Waals surface area contributed by atoms with E-state index in [-0.39, 0.29) is 0 Å². The third kappa shape index (κ3) is 6.43. The molecule has 1 aromatic rings. The van der Waals surface area contributed by atoms with Crippen molar-refractivity contribution in [2.24, 2.45) is 10.7 Å². The normalized spacial score (nSPS) is 13.9. The van der Waals surface area contributed by atoms with Gasteiger partial charge in [0, 0.05) is 46.7 Å². The van der Waals surface area contributed by atoms with Crippen LogP contribution < -0.4 is 5.73 Å². The summed E-state index contributed by atoms with van der Waals surface area (Å²) in [5.41, 5.74) is 12.0. The third-order valence-electron chi connectivity index (χ3n) is 3.85. The lowest BCUT2D eigenvalue weighted by Crippen LogP contribution is -2.08. The van der Waals surface area contributed by atoms with E-state index < -0.39 is 0 Å². The highest BCUT2D eigenvalue weighted by Crippen LogP contribution is 2.25. The highest BCUT2D eigenvalue weighted by molar-refractivity contribution is 5.62. The number of allylic oxidation sites excluding steroid dienone is 4. The van der Waals surface area contributed by atoms with Crippen molar-refractivity contribution in [1.82, 2.24) is 4.98 Å². The second-order valence-electron chi connectivity index (χ2n) is 5.79. The number of hydrogen-bond donors (Lipinski definition) is 1. The maximum absolute atomic E-state index is 6.47. The molecule has 0 unspecified atom stereocenters. The minimum Gasteiger partial charge on any atom is -0.398 e. The largest absolute Gasteiger partial charge is 0.398 e. The topological polar surface area (TPSA) is 51.3 Å². The Bertz CT molecular complexity index is 738. The Balaban J connectivity index is 3.52. The predicted octanol–water partition coefficient (Wildman–Crippen LogP) is 5.17. The van der Waals surface area contributed by atoms with E-state index in [1.807, 2.05) is 26.0 Å². The predicted molar refractivity (Wildman–Crippen MR) is 108 cm³/mol. The van der Waals surface area contributed by atoms with Crippen LogP contribution in [0.1, 0.15) is 59.4 Å². The Morgan fingerprint density at radius 1 is 1.32 bits per heavy atom. The molecule has 25 heavy (non-hydrogen) atoms. The first-order valence-corrected chi connectivity index (χ1v) is 8.82. The third-order valence-corrected chi connectivity index (χ3v) is 3.85. The summed E-state index contributed by atoms with van der Waals surface area (Å²) >= 11 is 0. The van der Waals surface area contributed by atoms with Crippen LogP contribution in [0.25, 0.3) is 0 Å². The second kappa shape index (κ2) is 11.0. The molecule has 3 nitrogen and oxygen atoms in total. The van der Waals surface area contributed by atoms with E-state index in [1.165, 1.54) is 0 Å². The van der Waals surface area contributed by atoms with E-state index in [4.69, 9.17) is 5.73 Å². The van der Waals surface area contributed by atoms with Crippen LogP contribution in [0.5, 0.6) is 0 Å². The van der Waals surface area contributed by atoms with Gasteiger partial charge in [0.25, 0.3) is 0 Å². The molecule has 0 fully saturated rings. The van der Waals surface area contributed by atoms with E-state index in [9.17, 15) is 0 Å². The summed E-state index contributed by atoms with van der Waals surface area (Å²) in [6.07, 6.45) is 10.4. The fraction of sp³-hybridized carbons (Fsp3) is 0.364. The fourth-order valence-corrected chi connectivity index (χ4v) is 2.28. The zero-order valence-corrected chi connectivity index (χ0v) is 16.1. The molecule has 0 bridgehead atoms. The molecule has 0 spiro atoms. The van der Waals surface area contributed by atoms with E-state index in [2.05, 4.69) is 48.7 Å². The van der Waals surface area contributed by atoms with Crippen LogP contribution in [0.15, 0.2) is 63.7 Å². The van der Waals surface area contributed by atoms with Gasteiger partial charge in [-0.05, 0) is 51.3 Å². The van der Waals surface area contributed by atoms with Gasteiger partial charge in [-0.2, -0.15) is 0 Å². The van der Waals surface area contributed by atoms with Crippen molar-refractivity contribution < 1.29 is 0 Å². The Morgan fingerprint density at radius 2 is 2.08 bits per heavy atom. The number of nitrogens with zero attached hydrogens (tertiary/aromatic N) is 2. The van der Waals surface area contributed by atoms with Gasteiger partial charge in [0.2, 0.25) is 0 Å². The van der Waals surface area contributed by atoms with E-state index >= 15 is 0 Å². The first-order chi connectivity index (χ1) is 12.0. The van der Waals surface area contributed by atoms with Crippen molar-refractivity contribution in [2.75, 3.05) is 0 Å². The molecular formula is C22H29N3. The molecule has 0 aromatic carbocycles. The molecule has 0 saturated heterocycles. The molecule has 0 aliphatic carbocycles. The highest BCUT2D eigenvalue weighted by Gasteiger charge is 2.12. The molecule has 0 aliphatic heterocycles. The van der Waals surface area contributed by atoms with Crippen molar-refractivity contribution in [3.63, 3.8) is 0 Å². The molecule has 0 radical (unpaired) electrons. The number of aliphatic imine (C=N–C) groups is 1. The Labute approximate surface area is 152 Å². The molecule has 1 aromatic heterocycles. The first kappa shape index (κ1) is 20.4. The van der Waals surface area contributed by atoms with Gasteiger partial charge in [0.15, 0.2) is 0 Å². The van der Waals surface area contributed by atoms with Gasteiger partial charge in [0.1, 0.15) is 0 Å². The molecule has 3 heteroatoms. The lowest BCUT2D eigenvalue weighted by atomic mass is 9.96. The lowest BCUT2D eigenvalue weighted by Gasteiger charge is -2.13. The van der Waals surface area contributed by atoms with Crippen LogP contribution in [0.4, 0.5) is 0 Å². The monoisotopic (exact) mass is 335 g/mol. The van der Waals surface area contributed by atoms with Crippen molar-refractivity contribution in [3.8, 4) is 11.8 Å². The Morgan fingerprint density at radius 3 is 2.64 bits per heavy atom. The van der Waals surface area contributed by atoms with Crippen LogP contribution in [0.2, 0.25) is 0 Å². The van der Waals surface area contributed by atoms with Gasteiger partial charge in [-0.3, -0.25) is 9.98 Å². The van der Waals surface area contributed by atoms with Gasteiger partial charge >= 0.3 is 0 Å². The van der Waals surface area contributed by atoms with Gasteiger partial charge in [0.05, 0.1) is 0 Å². The molecule has 0 amide bonds. The Hall–Kier alpha value is -2.60. The summed E-state index contributed by atoms with van der Waals surface area (Å²) in [6, 6.07) is 3.84. The average Bonchev–Trinajstić information content (AvgIpc) is 2.63. The number of hydrogen-bond acceptors (Lipinski definition) is 3. The van der Waals surface area contributed by atoms with E-state index in [0.717, 1.165) is 52.9 Å². The SMILES string of the molecule is CC=N/C(C)=C(C(/C#Cc1cccnc1)=C\CCC)\C(N)=C(/C)CC. The molecule has 0 saturated carbocycles. The van der Waals surface area contributed by atoms with Crippen LogP contribution in [-0.4, -0.2) is 11.2 Å². The summed E-state index contributed by atoms with van der Waals surface area (Å²) in [5.74, 6) is 6.49. The van der Waals surface area contributed by atoms with Crippen LogP contribution in [0, 0.1) is 11.8 Å². The van der Waals surface area contributed by atoms with Crippen molar-refractivity contribution in [2.45, 2.75) is 53.9 Å². The van der Waals surface area contributed by atoms with Crippen molar-refractivity contribution in [1.29, 1.82) is 0 Å². The zero-order valence-electron chi connectivity index (χ0n) is 16.1. The maximum Gasteiger partial charge on any atom is 0.0474 e. The molecule has 1 rings (SSSR count). The molecule has 132 valence electrons. The zero-order chi connectivity index (χ0) is 18.7. The lowest BCUT2D eigenvalue weighted by molar-refractivity contribution is 0.951. The van der Waals surface area contributed by atoms with E-state index in [0.29, 0.717) is 0 Å². The van der Waals surface area contributed by atoms with Gasteiger partial charge in [-0.15, -0.1) is 0 Å². The number of pyridine rings is 1. The number of rotatable bonds is 6. The Kier molecular flexibility index (Phi) is 9.03. The van der Waals surface area contributed by atoms with Gasteiger partial charge < -0.3 is 5.73 Å². The fourth-order valence-electron chi connectivity index (χ4n) is 2.28. The van der Waals surface area contributed by atoms with Crippen molar-refractivity contribution in [3.05, 3.63) is 64.3 Å². The summed E-state index contributed by atoms with van der Waals surface area (Å²) < 4.78 is 0. The van der Waals surface area contributed by atoms with E-state index in [1.54, 1.807) is 18.6 Å². The summed E-state index contributed by atoms with van der Waals surface area (Å²) in [7, 11) is 0. The smallest absolute Gasteiger partial charge is 0.0474 e. The second-order valence-corrected chi connectivity index (χ2v) is 5.79. The van der Waals surface area contributed by atoms with Gasteiger partial charge in [-0.25, -0.2) is 0 Å². The van der Waals surface area contributed by atoms with Crippen molar-refractivity contribution >= 4 is 6.21 Å². The minimum atomic E-state index is 0.772. The standard InChI is InChI=1S/C22H29N3/c1-6-9-12-20(14-13-19-11-10-15-24-16-19)21(18(5)25-8-3)22(23)17(4)7-2/h8,10-12,15-16H,6-7,9,23H2,1-5H3/b20-12-,21-18-,22-17-,25-8?. The van der Waals surface area contributed by atoms with Crippen LogP contribution in [-0.2, 0) is 0 Å². The molecule has 0 aliphatic rings. The summed E-state index contributed by atoms with van der Waals surface area (Å²) in [4.78, 5) is 8.59. The molecule has 2 N–H and O–H groups in total. The number of nitrogens with two attached hydrogens (primary N) is 1. The molecule has 0 atom stereocenters. The maximum atomic E-state index is 6.47. The highest BCUT2D eigenvalue weighted by atomic mass is 14.7. The minimum absolute atomic E-state index is 0.772. The molecule has 1 heterocycles. The summed E-state index contributed by atoms with van der Waals surface area (Å²) in [5, 5.41) is 0. The van der Waals surface area contributed by atoms with Crippen LogP contribution in [0.3, 0.4) is 0 Å². The molecular weight excluding hydrogens is 306 g/mol. The van der Waals surface area contributed by atoms with Crippen LogP contribution >= 0.6 is 0 Å². The first-order valence-electron chi connectivity index (χ1n) is 8.82. The number of aromatic nitrogens is 1. The average molecular weight is 335 g/mol. The summed E-state index contributed by atoms with van der Waals surface area (Å²) in [6.45, 7) is 10.2.